The van der Waals surface area contributed by atoms with Crippen molar-refractivity contribution in [1.29, 1.82) is 0 Å². The smallest absolute Gasteiger partial charge is 0.275 e. The number of nitrogens with zero attached hydrogens (tertiary/aromatic N) is 4. The van der Waals surface area contributed by atoms with E-state index in [9.17, 15) is 4.79 Å². The SMILES string of the molecule is Cc1[nH]ncc1-c1nc2ccc3[nH]nc(C(=O)N4CCOCC4)c3c2c2c1CCCC2. The number of H-pyrrole nitrogens is 2. The van der Waals surface area contributed by atoms with Crippen molar-refractivity contribution in [2.45, 2.75) is 32.6 Å². The number of benzene rings is 1. The van der Waals surface area contributed by atoms with Crippen LogP contribution in [0.1, 0.15) is 40.2 Å². The van der Waals surface area contributed by atoms with Crippen LogP contribution in [0, 0.1) is 6.92 Å². The predicted octanol–water partition coefficient (Wildman–Crippen LogP) is 3.16. The second-order valence-electron chi connectivity index (χ2n) is 8.39. The summed E-state index contributed by atoms with van der Waals surface area (Å²) in [7, 11) is 0. The average Bonchev–Trinajstić information content (AvgIpc) is 3.44. The van der Waals surface area contributed by atoms with Crippen LogP contribution >= 0.6 is 0 Å². The van der Waals surface area contributed by atoms with Crippen LogP contribution in [-0.2, 0) is 17.6 Å². The number of nitrogens with one attached hydrogen (secondary N) is 2. The quantitative estimate of drug-likeness (QED) is 0.523. The first-order valence-corrected chi connectivity index (χ1v) is 10.9. The second-order valence-corrected chi connectivity index (χ2v) is 8.39. The van der Waals surface area contributed by atoms with E-state index in [1.807, 2.05) is 30.2 Å². The molecule has 8 heteroatoms. The maximum absolute atomic E-state index is 13.3. The van der Waals surface area contributed by atoms with Crippen LogP contribution in [0.3, 0.4) is 0 Å². The number of amides is 1. The Labute approximate surface area is 179 Å². The lowest BCUT2D eigenvalue weighted by molar-refractivity contribution is 0.0300. The lowest BCUT2D eigenvalue weighted by Gasteiger charge is -2.26. The number of carbonyl (C=O) groups excluding carboxylic acids is 1. The molecule has 0 unspecified atom stereocenters. The van der Waals surface area contributed by atoms with Crippen molar-refractivity contribution in [1.82, 2.24) is 30.3 Å². The molecule has 8 nitrogen and oxygen atoms in total. The zero-order valence-electron chi connectivity index (χ0n) is 17.5. The molecule has 1 amide bonds. The molecule has 31 heavy (non-hydrogen) atoms. The van der Waals surface area contributed by atoms with Crippen molar-refractivity contribution in [3.8, 4) is 11.3 Å². The lowest BCUT2D eigenvalue weighted by atomic mass is 9.85. The van der Waals surface area contributed by atoms with Crippen molar-refractivity contribution in [2.75, 3.05) is 26.3 Å². The minimum atomic E-state index is -0.0404. The van der Waals surface area contributed by atoms with Crippen LogP contribution in [0.25, 0.3) is 33.1 Å². The van der Waals surface area contributed by atoms with E-state index < -0.39 is 0 Å². The highest BCUT2D eigenvalue weighted by Crippen LogP contribution is 2.39. The number of ether oxygens (including phenoxy) is 1. The topological polar surface area (TPSA) is 99.8 Å². The van der Waals surface area contributed by atoms with Crippen LogP contribution in [0.4, 0.5) is 0 Å². The number of aryl methyl sites for hydroxylation is 2. The van der Waals surface area contributed by atoms with Gasteiger partial charge in [0.25, 0.3) is 5.91 Å². The van der Waals surface area contributed by atoms with Crippen molar-refractivity contribution < 1.29 is 9.53 Å². The van der Waals surface area contributed by atoms with Crippen LogP contribution in [0.5, 0.6) is 0 Å². The summed E-state index contributed by atoms with van der Waals surface area (Å²) in [6, 6.07) is 4.02. The van der Waals surface area contributed by atoms with Gasteiger partial charge in [-0.2, -0.15) is 10.2 Å². The molecule has 1 fully saturated rings. The molecule has 0 atom stereocenters. The van der Waals surface area contributed by atoms with Crippen LogP contribution in [0.15, 0.2) is 18.3 Å². The highest BCUT2D eigenvalue weighted by molar-refractivity contribution is 6.17. The molecule has 2 aliphatic rings. The molecule has 1 aliphatic heterocycles. The molecule has 0 saturated carbocycles. The van der Waals surface area contributed by atoms with E-state index in [1.54, 1.807) is 0 Å². The lowest BCUT2D eigenvalue weighted by Crippen LogP contribution is -2.40. The molecule has 4 heterocycles. The summed E-state index contributed by atoms with van der Waals surface area (Å²) in [5.41, 5.74) is 7.94. The molecule has 0 bridgehead atoms. The van der Waals surface area contributed by atoms with E-state index in [0.29, 0.717) is 32.0 Å². The number of pyridine rings is 1. The summed E-state index contributed by atoms with van der Waals surface area (Å²) in [4.78, 5) is 20.3. The van der Waals surface area contributed by atoms with Gasteiger partial charge < -0.3 is 9.64 Å². The van der Waals surface area contributed by atoms with E-state index >= 15 is 0 Å². The molecule has 2 N–H and O–H groups in total. The van der Waals surface area contributed by atoms with Gasteiger partial charge in [0.15, 0.2) is 5.69 Å². The van der Waals surface area contributed by atoms with Crippen LogP contribution in [0.2, 0.25) is 0 Å². The minimum absolute atomic E-state index is 0.0404. The van der Waals surface area contributed by atoms with E-state index in [4.69, 9.17) is 9.72 Å². The fourth-order valence-electron chi connectivity index (χ4n) is 5.02. The third-order valence-corrected chi connectivity index (χ3v) is 6.58. The number of hydrogen-bond acceptors (Lipinski definition) is 5. The Morgan fingerprint density at radius 3 is 2.65 bits per heavy atom. The fourth-order valence-corrected chi connectivity index (χ4v) is 5.02. The summed E-state index contributed by atoms with van der Waals surface area (Å²) in [5, 5.41) is 16.8. The van der Waals surface area contributed by atoms with Gasteiger partial charge in [-0.3, -0.25) is 15.0 Å². The highest BCUT2D eigenvalue weighted by Gasteiger charge is 2.27. The van der Waals surface area contributed by atoms with Gasteiger partial charge in [0.1, 0.15) is 0 Å². The average molecular weight is 416 g/mol. The number of aromatic amines is 2. The highest BCUT2D eigenvalue weighted by atomic mass is 16.5. The number of carbonyl (C=O) groups is 1. The molecule has 0 radical (unpaired) electrons. The Kier molecular flexibility index (Phi) is 4.27. The molecule has 1 aliphatic carbocycles. The Morgan fingerprint density at radius 2 is 1.87 bits per heavy atom. The molecule has 1 aromatic carbocycles. The van der Waals surface area contributed by atoms with Gasteiger partial charge in [-0.1, -0.05) is 0 Å². The first-order valence-electron chi connectivity index (χ1n) is 10.9. The first-order chi connectivity index (χ1) is 15.2. The van der Waals surface area contributed by atoms with E-state index in [0.717, 1.165) is 64.4 Å². The zero-order chi connectivity index (χ0) is 20.9. The van der Waals surface area contributed by atoms with Gasteiger partial charge in [0.05, 0.1) is 36.1 Å². The van der Waals surface area contributed by atoms with E-state index in [-0.39, 0.29) is 5.91 Å². The van der Waals surface area contributed by atoms with Gasteiger partial charge >= 0.3 is 0 Å². The largest absolute Gasteiger partial charge is 0.378 e. The van der Waals surface area contributed by atoms with Gasteiger partial charge in [-0.25, -0.2) is 4.98 Å². The summed E-state index contributed by atoms with van der Waals surface area (Å²) >= 11 is 0. The number of hydrogen-bond donors (Lipinski definition) is 2. The molecule has 3 aromatic heterocycles. The molecule has 6 rings (SSSR count). The number of morpholine rings is 1. The Bertz CT molecular complexity index is 1310. The van der Waals surface area contributed by atoms with E-state index in [1.165, 1.54) is 11.1 Å². The maximum atomic E-state index is 13.3. The number of fused-ring (bicyclic) bond motifs is 5. The number of rotatable bonds is 2. The normalized spacial score (nSPS) is 16.7. The molecule has 1 saturated heterocycles. The van der Waals surface area contributed by atoms with E-state index in [2.05, 4.69) is 20.4 Å². The summed E-state index contributed by atoms with van der Waals surface area (Å²) in [6.07, 6.45) is 6.11. The molecule has 158 valence electrons. The molecule has 0 spiro atoms. The van der Waals surface area contributed by atoms with Crippen molar-refractivity contribution in [2.24, 2.45) is 0 Å². The number of aromatic nitrogens is 5. The summed E-state index contributed by atoms with van der Waals surface area (Å²) < 4.78 is 5.42. The zero-order valence-corrected chi connectivity index (χ0v) is 17.5. The summed E-state index contributed by atoms with van der Waals surface area (Å²) in [5.74, 6) is -0.0404. The molecular formula is C23H24N6O2. The van der Waals surface area contributed by atoms with Gasteiger partial charge in [0.2, 0.25) is 0 Å². The third kappa shape index (κ3) is 2.85. The second kappa shape index (κ2) is 7.16. The van der Waals surface area contributed by atoms with Crippen molar-refractivity contribution in [3.63, 3.8) is 0 Å². The van der Waals surface area contributed by atoms with Gasteiger partial charge in [-0.05, 0) is 55.9 Å². The first kappa shape index (κ1) is 18.5. The van der Waals surface area contributed by atoms with Gasteiger partial charge in [-0.15, -0.1) is 0 Å². The predicted molar refractivity (Wildman–Crippen MR) is 117 cm³/mol. The monoisotopic (exact) mass is 416 g/mol. The Hall–Kier alpha value is -3.26. The van der Waals surface area contributed by atoms with Crippen molar-refractivity contribution in [3.05, 3.63) is 40.8 Å². The molecular weight excluding hydrogens is 392 g/mol. The van der Waals surface area contributed by atoms with Crippen LogP contribution in [-0.4, -0.2) is 62.5 Å². The molecule has 4 aromatic rings. The fraction of sp³-hybridized carbons (Fsp3) is 0.391. The third-order valence-electron chi connectivity index (χ3n) is 6.58. The minimum Gasteiger partial charge on any atom is -0.378 e. The van der Waals surface area contributed by atoms with Gasteiger partial charge in [0, 0.05) is 35.1 Å². The Balaban J connectivity index is 1.62. The van der Waals surface area contributed by atoms with Crippen molar-refractivity contribution >= 4 is 27.7 Å². The van der Waals surface area contributed by atoms with Crippen LogP contribution < -0.4 is 0 Å². The standard InChI is InChI=1S/C23H24N6O2/c1-13-16(12-24-26-13)21-15-5-3-2-4-14(15)19-17(25-21)6-7-18-20(19)22(28-27-18)23(30)29-8-10-31-11-9-29/h6-7,12H,2-5,8-11H2,1H3,(H,24,26)(H,27,28). The Morgan fingerprint density at radius 1 is 1.06 bits per heavy atom. The maximum Gasteiger partial charge on any atom is 0.275 e. The summed E-state index contributed by atoms with van der Waals surface area (Å²) in [6.45, 7) is 4.36.